The number of thioether (sulfide) groups is 1. The fourth-order valence-corrected chi connectivity index (χ4v) is 3.49. The first-order valence-electron chi connectivity index (χ1n) is 8.13. The topological polar surface area (TPSA) is 58.7 Å². The number of aromatic nitrogens is 2. The Morgan fingerprint density at radius 1 is 1.20 bits per heavy atom. The van der Waals surface area contributed by atoms with Crippen LogP contribution in [0.25, 0.3) is 16.6 Å². The van der Waals surface area contributed by atoms with Crippen LogP contribution in [-0.4, -0.2) is 15.3 Å². The molecular formula is C20H19N3OS. The molecule has 3 aromatic rings. The highest BCUT2D eigenvalue weighted by Gasteiger charge is 2.14. The number of rotatable bonds is 4. The molecule has 126 valence electrons. The van der Waals surface area contributed by atoms with Gasteiger partial charge in [0.15, 0.2) is 5.16 Å². The summed E-state index contributed by atoms with van der Waals surface area (Å²) in [7, 11) is 0. The van der Waals surface area contributed by atoms with Crippen molar-refractivity contribution in [2.45, 2.75) is 25.9 Å². The van der Waals surface area contributed by atoms with Gasteiger partial charge in [-0.15, -0.1) is 0 Å². The van der Waals surface area contributed by atoms with Crippen LogP contribution in [0.1, 0.15) is 18.1 Å². The second-order valence-electron chi connectivity index (χ2n) is 6.16. The number of fused-ring (bicyclic) bond motifs is 1. The minimum Gasteiger partial charge on any atom is -0.268 e. The number of hydrogen-bond donors (Lipinski definition) is 0. The zero-order valence-electron chi connectivity index (χ0n) is 14.5. The molecule has 0 unspecified atom stereocenters. The van der Waals surface area contributed by atoms with Crippen molar-refractivity contribution in [3.8, 4) is 11.8 Å². The molecule has 4 nitrogen and oxygen atoms in total. The number of nitrogens with zero attached hydrogens (tertiary/aromatic N) is 3. The largest absolute Gasteiger partial charge is 0.268 e. The predicted octanol–water partition coefficient (Wildman–Crippen LogP) is 4.25. The molecule has 0 aliphatic heterocycles. The SMILES string of the molecule is Cc1ccc(-n2c(SC[C@H](C)C#N)nc3ccccc3c2=O)cc1C. The third-order valence-corrected chi connectivity index (χ3v) is 5.38. The maximum absolute atomic E-state index is 13.1. The fraction of sp³-hybridized carbons (Fsp3) is 0.250. The van der Waals surface area contributed by atoms with Crippen LogP contribution in [0.5, 0.6) is 0 Å². The lowest BCUT2D eigenvalue weighted by Crippen LogP contribution is -2.22. The highest BCUT2D eigenvalue weighted by atomic mass is 32.2. The van der Waals surface area contributed by atoms with Crippen molar-refractivity contribution in [1.29, 1.82) is 5.26 Å². The quantitative estimate of drug-likeness (QED) is 0.522. The second-order valence-corrected chi connectivity index (χ2v) is 7.15. The number of nitriles is 1. The lowest BCUT2D eigenvalue weighted by Gasteiger charge is -2.14. The fourth-order valence-electron chi connectivity index (χ4n) is 2.54. The van der Waals surface area contributed by atoms with E-state index in [0.29, 0.717) is 21.8 Å². The van der Waals surface area contributed by atoms with Gasteiger partial charge in [0.1, 0.15) is 0 Å². The Bertz CT molecular complexity index is 1030. The maximum Gasteiger partial charge on any atom is 0.266 e. The molecule has 2 aromatic carbocycles. The molecule has 1 atom stereocenters. The van der Waals surface area contributed by atoms with Gasteiger partial charge in [-0.25, -0.2) is 4.98 Å². The summed E-state index contributed by atoms with van der Waals surface area (Å²) in [6.07, 6.45) is 0. The number of para-hydroxylation sites is 1. The predicted molar refractivity (Wildman–Crippen MR) is 102 cm³/mol. The zero-order valence-corrected chi connectivity index (χ0v) is 15.3. The van der Waals surface area contributed by atoms with E-state index in [1.54, 1.807) is 10.6 Å². The van der Waals surface area contributed by atoms with Crippen LogP contribution < -0.4 is 5.56 Å². The van der Waals surface area contributed by atoms with E-state index in [1.807, 2.05) is 57.2 Å². The lowest BCUT2D eigenvalue weighted by atomic mass is 10.1. The molecule has 0 radical (unpaired) electrons. The molecule has 5 heteroatoms. The van der Waals surface area contributed by atoms with Crippen LogP contribution in [0.15, 0.2) is 52.4 Å². The van der Waals surface area contributed by atoms with E-state index in [-0.39, 0.29) is 11.5 Å². The molecule has 0 spiro atoms. The molecule has 0 N–H and O–H groups in total. The molecule has 0 saturated heterocycles. The van der Waals surface area contributed by atoms with Crippen LogP contribution >= 0.6 is 11.8 Å². The first kappa shape index (κ1) is 17.2. The van der Waals surface area contributed by atoms with Crippen molar-refractivity contribution in [2.24, 2.45) is 5.92 Å². The van der Waals surface area contributed by atoms with Gasteiger partial charge in [0.05, 0.1) is 28.6 Å². The van der Waals surface area contributed by atoms with Gasteiger partial charge >= 0.3 is 0 Å². The van der Waals surface area contributed by atoms with Crippen LogP contribution in [0, 0.1) is 31.1 Å². The summed E-state index contributed by atoms with van der Waals surface area (Å²) in [5.41, 5.74) is 3.70. The van der Waals surface area contributed by atoms with Crippen molar-refractivity contribution >= 4 is 22.7 Å². The summed E-state index contributed by atoms with van der Waals surface area (Å²) in [5.74, 6) is 0.480. The van der Waals surface area contributed by atoms with E-state index in [0.717, 1.165) is 11.3 Å². The Morgan fingerprint density at radius 3 is 2.68 bits per heavy atom. The Labute approximate surface area is 151 Å². The highest BCUT2D eigenvalue weighted by Crippen LogP contribution is 2.24. The molecule has 0 amide bonds. The van der Waals surface area contributed by atoms with Crippen LogP contribution in [0.4, 0.5) is 0 Å². The van der Waals surface area contributed by atoms with Crippen LogP contribution in [0.2, 0.25) is 0 Å². The van der Waals surface area contributed by atoms with E-state index in [4.69, 9.17) is 5.26 Å². The summed E-state index contributed by atoms with van der Waals surface area (Å²) >= 11 is 1.44. The Morgan fingerprint density at radius 2 is 1.96 bits per heavy atom. The number of aryl methyl sites for hydroxylation is 2. The van der Waals surface area contributed by atoms with Crippen molar-refractivity contribution < 1.29 is 0 Å². The number of hydrogen-bond acceptors (Lipinski definition) is 4. The molecule has 0 saturated carbocycles. The van der Waals surface area contributed by atoms with E-state index in [2.05, 4.69) is 11.1 Å². The molecule has 1 aromatic heterocycles. The summed E-state index contributed by atoms with van der Waals surface area (Å²) in [6.45, 7) is 5.94. The van der Waals surface area contributed by atoms with E-state index in [9.17, 15) is 4.79 Å². The van der Waals surface area contributed by atoms with Gasteiger partial charge in [-0.1, -0.05) is 30.0 Å². The van der Waals surface area contributed by atoms with Gasteiger partial charge in [-0.2, -0.15) is 5.26 Å². The van der Waals surface area contributed by atoms with Crippen molar-refractivity contribution in [1.82, 2.24) is 9.55 Å². The standard InChI is InChI=1S/C20H19N3OS/c1-13(11-21)12-25-20-22-18-7-5-4-6-17(18)19(24)23(20)16-9-8-14(2)15(3)10-16/h4-10,13H,12H2,1-3H3/t13-/m1/s1. The molecule has 0 fully saturated rings. The maximum atomic E-state index is 13.1. The summed E-state index contributed by atoms with van der Waals surface area (Å²) in [5, 5.41) is 10.3. The summed E-state index contributed by atoms with van der Waals surface area (Å²) < 4.78 is 1.66. The Balaban J connectivity index is 2.22. The van der Waals surface area contributed by atoms with Crippen LogP contribution in [0.3, 0.4) is 0 Å². The second kappa shape index (κ2) is 7.12. The van der Waals surface area contributed by atoms with Crippen molar-refractivity contribution in [2.75, 3.05) is 5.75 Å². The highest BCUT2D eigenvalue weighted by molar-refractivity contribution is 7.99. The average Bonchev–Trinajstić information content (AvgIpc) is 2.62. The summed E-state index contributed by atoms with van der Waals surface area (Å²) in [6, 6.07) is 15.6. The van der Waals surface area contributed by atoms with Crippen molar-refractivity contribution in [3.05, 3.63) is 63.9 Å². The minimum atomic E-state index is -0.110. The molecule has 0 aliphatic carbocycles. The van der Waals surface area contributed by atoms with Gasteiger partial charge in [0.25, 0.3) is 5.56 Å². The van der Waals surface area contributed by atoms with E-state index >= 15 is 0 Å². The van der Waals surface area contributed by atoms with Gasteiger partial charge in [0.2, 0.25) is 0 Å². The first-order chi connectivity index (χ1) is 12.0. The first-order valence-corrected chi connectivity index (χ1v) is 9.11. The molecule has 3 rings (SSSR count). The normalized spacial score (nSPS) is 12.1. The van der Waals surface area contributed by atoms with Gasteiger partial charge in [-0.05, 0) is 56.2 Å². The zero-order chi connectivity index (χ0) is 18.0. The lowest BCUT2D eigenvalue weighted by molar-refractivity contribution is 0.806. The van der Waals surface area contributed by atoms with Crippen LogP contribution in [-0.2, 0) is 0 Å². The summed E-state index contributed by atoms with van der Waals surface area (Å²) in [4.78, 5) is 17.8. The average molecular weight is 349 g/mol. The third-order valence-electron chi connectivity index (χ3n) is 4.18. The van der Waals surface area contributed by atoms with E-state index < -0.39 is 0 Å². The Kier molecular flexibility index (Phi) is 4.91. The number of benzene rings is 2. The monoisotopic (exact) mass is 349 g/mol. The smallest absolute Gasteiger partial charge is 0.266 e. The molecule has 0 bridgehead atoms. The van der Waals surface area contributed by atoms with Crippen molar-refractivity contribution in [3.63, 3.8) is 0 Å². The van der Waals surface area contributed by atoms with Gasteiger partial charge < -0.3 is 0 Å². The minimum absolute atomic E-state index is 0.0824. The molecule has 1 heterocycles. The molecule has 25 heavy (non-hydrogen) atoms. The Hall–Kier alpha value is -2.58. The molecular weight excluding hydrogens is 330 g/mol. The molecule has 0 aliphatic rings. The van der Waals surface area contributed by atoms with Gasteiger partial charge in [0, 0.05) is 5.75 Å². The third kappa shape index (κ3) is 3.45. The van der Waals surface area contributed by atoms with E-state index in [1.165, 1.54) is 17.3 Å². The van der Waals surface area contributed by atoms with Gasteiger partial charge in [-0.3, -0.25) is 9.36 Å².